The van der Waals surface area contributed by atoms with Gasteiger partial charge in [0.25, 0.3) is 0 Å². The van der Waals surface area contributed by atoms with Crippen LogP contribution in [0.5, 0.6) is 11.5 Å². The predicted molar refractivity (Wildman–Crippen MR) is 105 cm³/mol. The molecule has 6 nitrogen and oxygen atoms in total. The molecule has 0 heterocycles. The summed E-state index contributed by atoms with van der Waals surface area (Å²) in [6.45, 7) is 2.09. The van der Waals surface area contributed by atoms with Gasteiger partial charge in [-0.15, -0.1) is 13.2 Å². The highest BCUT2D eigenvalue weighted by Crippen LogP contribution is 2.24. The number of halogens is 3. The number of nitrogens with one attached hydrogen (secondary N) is 1. The highest BCUT2D eigenvalue weighted by molar-refractivity contribution is 5.95. The summed E-state index contributed by atoms with van der Waals surface area (Å²) < 4.78 is 45.7. The van der Waals surface area contributed by atoms with E-state index >= 15 is 0 Å². The minimum atomic E-state index is -4.77. The van der Waals surface area contributed by atoms with Crippen molar-refractivity contribution in [1.82, 2.24) is 4.90 Å². The molecular weight excluding hydrogens is 401 g/mol. The molecule has 162 valence electrons. The van der Waals surface area contributed by atoms with Crippen LogP contribution in [0.3, 0.4) is 0 Å². The van der Waals surface area contributed by atoms with Gasteiger partial charge in [0.1, 0.15) is 11.5 Å². The summed E-state index contributed by atoms with van der Waals surface area (Å²) in [4.78, 5) is 26.5. The largest absolute Gasteiger partial charge is 0.573 e. The van der Waals surface area contributed by atoms with E-state index in [-0.39, 0.29) is 30.5 Å². The molecule has 1 N–H and O–H groups in total. The van der Waals surface area contributed by atoms with Gasteiger partial charge in [-0.2, -0.15) is 0 Å². The number of alkyl halides is 3. The van der Waals surface area contributed by atoms with E-state index in [9.17, 15) is 22.8 Å². The van der Waals surface area contributed by atoms with E-state index in [1.165, 1.54) is 24.1 Å². The molecule has 2 aromatic carbocycles. The number of ether oxygens (including phenoxy) is 2. The Morgan fingerprint density at radius 1 is 1.07 bits per heavy atom. The van der Waals surface area contributed by atoms with Gasteiger partial charge < -0.3 is 19.7 Å². The van der Waals surface area contributed by atoms with Gasteiger partial charge in [-0.1, -0.05) is 31.2 Å². The average Bonchev–Trinajstić information content (AvgIpc) is 2.68. The summed E-state index contributed by atoms with van der Waals surface area (Å²) in [5.41, 5.74) is 1.01. The van der Waals surface area contributed by atoms with Crippen LogP contribution in [0.25, 0.3) is 0 Å². The second-order valence-electron chi connectivity index (χ2n) is 6.43. The lowest BCUT2D eigenvalue weighted by Gasteiger charge is -2.22. The van der Waals surface area contributed by atoms with Crippen LogP contribution in [-0.2, 0) is 16.0 Å². The number of methoxy groups -OCH3 is 1. The first kappa shape index (κ1) is 23.1. The zero-order valence-corrected chi connectivity index (χ0v) is 16.7. The van der Waals surface area contributed by atoms with Crippen LogP contribution in [-0.4, -0.2) is 43.3 Å². The minimum Gasteiger partial charge on any atom is -0.495 e. The van der Waals surface area contributed by atoms with Gasteiger partial charge in [-0.05, 0) is 36.2 Å². The molecule has 0 bridgehead atoms. The van der Waals surface area contributed by atoms with E-state index in [1.807, 2.05) is 6.92 Å². The zero-order chi connectivity index (χ0) is 22.1. The molecule has 0 saturated carbocycles. The Morgan fingerprint density at radius 3 is 2.33 bits per heavy atom. The van der Waals surface area contributed by atoms with Crippen LogP contribution in [0.4, 0.5) is 18.9 Å². The third-order valence-electron chi connectivity index (χ3n) is 4.07. The molecule has 0 saturated heterocycles. The van der Waals surface area contributed by atoms with Crippen molar-refractivity contribution in [2.45, 2.75) is 26.1 Å². The van der Waals surface area contributed by atoms with Crippen molar-refractivity contribution in [2.75, 3.05) is 25.5 Å². The molecule has 2 rings (SSSR count). The van der Waals surface area contributed by atoms with Crippen LogP contribution in [0.15, 0.2) is 48.5 Å². The van der Waals surface area contributed by atoms with Gasteiger partial charge in [0.05, 0.1) is 25.8 Å². The summed E-state index contributed by atoms with van der Waals surface area (Å²) in [7, 11) is 1.49. The van der Waals surface area contributed by atoms with E-state index in [2.05, 4.69) is 10.1 Å². The summed E-state index contributed by atoms with van der Waals surface area (Å²) >= 11 is 0. The van der Waals surface area contributed by atoms with Crippen molar-refractivity contribution >= 4 is 17.5 Å². The van der Waals surface area contributed by atoms with Gasteiger partial charge in [0.15, 0.2) is 0 Å². The Hall–Kier alpha value is -3.23. The number of amides is 2. The second-order valence-corrected chi connectivity index (χ2v) is 6.43. The molecule has 0 radical (unpaired) electrons. The van der Waals surface area contributed by atoms with Crippen LogP contribution in [0, 0.1) is 0 Å². The monoisotopic (exact) mass is 424 g/mol. The normalized spacial score (nSPS) is 11.0. The topological polar surface area (TPSA) is 67.9 Å². The molecule has 0 aliphatic carbocycles. The number of hydrogen-bond donors (Lipinski definition) is 1. The lowest BCUT2D eigenvalue weighted by molar-refractivity contribution is -0.274. The molecule has 2 aromatic rings. The lowest BCUT2D eigenvalue weighted by atomic mass is 10.1. The Morgan fingerprint density at radius 2 is 1.73 bits per heavy atom. The highest BCUT2D eigenvalue weighted by atomic mass is 19.4. The van der Waals surface area contributed by atoms with Crippen molar-refractivity contribution in [1.29, 1.82) is 0 Å². The molecule has 0 unspecified atom stereocenters. The minimum absolute atomic E-state index is 0.0474. The first-order chi connectivity index (χ1) is 14.2. The van der Waals surface area contributed by atoms with Gasteiger partial charge in [-0.3, -0.25) is 9.59 Å². The van der Waals surface area contributed by atoms with E-state index < -0.39 is 6.36 Å². The number of carbonyl (C=O) groups excluding carboxylic acids is 2. The fraction of sp³-hybridized carbons (Fsp3) is 0.333. The first-order valence-electron chi connectivity index (χ1n) is 9.27. The van der Waals surface area contributed by atoms with Crippen molar-refractivity contribution in [3.8, 4) is 11.5 Å². The SMILES string of the molecule is CCCN(CC(=O)Nc1ccccc1OC)C(=O)Cc1ccc(OC(F)(F)F)cc1. The number of hydrogen-bond acceptors (Lipinski definition) is 4. The molecule has 2 amide bonds. The number of benzene rings is 2. The van der Waals surface area contributed by atoms with E-state index in [0.717, 1.165) is 12.1 Å². The van der Waals surface area contributed by atoms with E-state index in [1.54, 1.807) is 24.3 Å². The van der Waals surface area contributed by atoms with Gasteiger partial charge >= 0.3 is 6.36 Å². The zero-order valence-electron chi connectivity index (χ0n) is 16.7. The Kier molecular flexibility index (Phi) is 8.08. The average molecular weight is 424 g/mol. The molecule has 30 heavy (non-hydrogen) atoms. The number of rotatable bonds is 9. The molecule has 0 spiro atoms. The Labute approximate surface area is 172 Å². The van der Waals surface area contributed by atoms with Gasteiger partial charge in [0, 0.05) is 6.54 Å². The maximum Gasteiger partial charge on any atom is 0.573 e. The standard InChI is InChI=1S/C21H23F3N2O4/c1-3-12-26(14-19(27)25-17-6-4-5-7-18(17)29-2)20(28)13-15-8-10-16(11-9-15)30-21(22,23)24/h4-11H,3,12-14H2,1-2H3,(H,25,27). The van der Waals surface area contributed by atoms with Crippen molar-refractivity contribution in [3.05, 3.63) is 54.1 Å². The van der Waals surface area contributed by atoms with E-state index in [4.69, 9.17) is 4.74 Å². The van der Waals surface area contributed by atoms with E-state index in [0.29, 0.717) is 30.0 Å². The van der Waals surface area contributed by atoms with Crippen LogP contribution < -0.4 is 14.8 Å². The fourth-order valence-corrected chi connectivity index (χ4v) is 2.77. The van der Waals surface area contributed by atoms with Crippen LogP contribution >= 0.6 is 0 Å². The third-order valence-corrected chi connectivity index (χ3v) is 4.07. The molecule has 0 aromatic heterocycles. The maximum absolute atomic E-state index is 12.6. The second kappa shape index (κ2) is 10.5. The van der Waals surface area contributed by atoms with Gasteiger partial charge in [0.2, 0.25) is 11.8 Å². The summed E-state index contributed by atoms with van der Waals surface area (Å²) in [6, 6.07) is 12.0. The molecule has 0 aliphatic heterocycles. The van der Waals surface area contributed by atoms with Crippen molar-refractivity contribution in [2.24, 2.45) is 0 Å². The summed E-state index contributed by atoms with van der Waals surface area (Å²) in [5, 5.41) is 2.72. The lowest BCUT2D eigenvalue weighted by Crippen LogP contribution is -2.39. The summed E-state index contributed by atoms with van der Waals surface area (Å²) in [5.74, 6) is -0.549. The third kappa shape index (κ3) is 7.31. The molecule has 0 atom stereocenters. The maximum atomic E-state index is 12.6. The molecule has 0 fully saturated rings. The fourth-order valence-electron chi connectivity index (χ4n) is 2.77. The van der Waals surface area contributed by atoms with Crippen molar-refractivity contribution < 1.29 is 32.2 Å². The van der Waals surface area contributed by atoms with Crippen molar-refractivity contribution in [3.63, 3.8) is 0 Å². The Balaban J connectivity index is 1.99. The quantitative estimate of drug-likeness (QED) is 0.661. The number of anilines is 1. The molecule has 9 heteroatoms. The van der Waals surface area contributed by atoms with Crippen LogP contribution in [0.2, 0.25) is 0 Å². The van der Waals surface area contributed by atoms with Crippen LogP contribution in [0.1, 0.15) is 18.9 Å². The number of carbonyl (C=O) groups is 2. The number of para-hydroxylation sites is 2. The summed E-state index contributed by atoms with van der Waals surface area (Å²) in [6.07, 6.45) is -4.18. The molecular formula is C21H23F3N2O4. The predicted octanol–water partition coefficient (Wildman–Crippen LogP) is 4.01. The molecule has 0 aliphatic rings. The first-order valence-corrected chi connectivity index (χ1v) is 9.27. The number of nitrogens with zero attached hydrogens (tertiary/aromatic N) is 1. The van der Waals surface area contributed by atoms with Gasteiger partial charge in [-0.25, -0.2) is 0 Å². The smallest absolute Gasteiger partial charge is 0.495 e. The Bertz CT molecular complexity index is 854. The highest BCUT2D eigenvalue weighted by Gasteiger charge is 2.31.